The molecule has 2 N–H and O–H groups in total. The molecule has 0 radical (unpaired) electrons. The van der Waals surface area contributed by atoms with Gasteiger partial charge in [0.05, 0.1) is 17.2 Å². The Morgan fingerprint density at radius 3 is 2.40 bits per heavy atom. The fourth-order valence-electron chi connectivity index (χ4n) is 2.94. The first kappa shape index (κ1) is 21.2. The van der Waals surface area contributed by atoms with E-state index in [1.54, 1.807) is 30.3 Å². The van der Waals surface area contributed by atoms with Crippen molar-refractivity contribution < 1.29 is 9.59 Å². The molecule has 0 aliphatic heterocycles. The Hall–Kier alpha value is -3.48. The number of rotatable bonds is 5. The molecule has 0 spiro atoms. The number of benzene rings is 2. The third-order valence-electron chi connectivity index (χ3n) is 4.72. The van der Waals surface area contributed by atoms with Gasteiger partial charge in [0.25, 0.3) is 5.56 Å². The zero-order chi connectivity index (χ0) is 21.9. The summed E-state index contributed by atoms with van der Waals surface area (Å²) in [5.41, 5.74) is 2.12. The van der Waals surface area contributed by atoms with Crippen molar-refractivity contribution in [3.05, 3.63) is 64.7 Å². The fourth-order valence-corrected chi connectivity index (χ4v) is 2.94. The van der Waals surface area contributed by atoms with Crippen LogP contribution < -0.4 is 16.2 Å². The predicted octanol–water partition coefficient (Wildman–Crippen LogP) is 3.72. The van der Waals surface area contributed by atoms with Crippen LogP contribution in [0.15, 0.2) is 53.6 Å². The highest BCUT2D eigenvalue weighted by Crippen LogP contribution is 2.20. The molecule has 0 saturated carbocycles. The first-order valence-electron chi connectivity index (χ1n) is 9.81. The normalized spacial score (nSPS) is 11.3. The molecule has 0 fully saturated rings. The lowest BCUT2D eigenvalue weighted by Crippen LogP contribution is -2.27. The van der Waals surface area contributed by atoms with E-state index in [1.165, 1.54) is 10.9 Å². The molecule has 0 saturated heterocycles. The molecule has 3 rings (SSSR count). The second kappa shape index (κ2) is 8.49. The molecule has 156 valence electrons. The molecule has 0 aliphatic carbocycles. The molecule has 7 nitrogen and oxygen atoms in total. The van der Waals surface area contributed by atoms with E-state index >= 15 is 0 Å². The fraction of sp³-hybridized carbons (Fsp3) is 0.304. The SMILES string of the molecule is Cc1cccc2c(=O)n(CCC(=O)Nc3cccc(NC(=O)C(C)(C)C)c3)cnc12. The second-order valence-electron chi connectivity index (χ2n) is 8.30. The second-order valence-corrected chi connectivity index (χ2v) is 8.30. The molecular formula is C23H26N4O3. The van der Waals surface area contributed by atoms with Gasteiger partial charge in [-0.05, 0) is 36.8 Å². The number of hydrogen-bond donors (Lipinski definition) is 2. The molecule has 1 heterocycles. The molecular weight excluding hydrogens is 380 g/mol. The Bertz CT molecular complexity index is 1160. The van der Waals surface area contributed by atoms with Crippen molar-refractivity contribution >= 4 is 34.1 Å². The summed E-state index contributed by atoms with van der Waals surface area (Å²) in [4.78, 5) is 41.5. The van der Waals surface area contributed by atoms with Gasteiger partial charge >= 0.3 is 0 Å². The van der Waals surface area contributed by atoms with Crippen molar-refractivity contribution in [3.8, 4) is 0 Å². The minimum absolute atomic E-state index is 0.107. The number of nitrogens with zero attached hydrogens (tertiary/aromatic N) is 2. The summed E-state index contributed by atoms with van der Waals surface area (Å²) >= 11 is 0. The van der Waals surface area contributed by atoms with Crippen molar-refractivity contribution in [2.75, 3.05) is 10.6 Å². The van der Waals surface area contributed by atoms with E-state index in [1.807, 2.05) is 39.8 Å². The number of anilines is 2. The van der Waals surface area contributed by atoms with Gasteiger partial charge in [-0.2, -0.15) is 0 Å². The minimum Gasteiger partial charge on any atom is -0.326 e. The summed E-state index contributed by atoms with van der Waals surface area (Å²) < 4.78 is 1.45. The van der Waals surface area contributed by atoms with Crippen LogP contribution in [0.2, 0.25) is 0 Å². The standard InChI is InChI=1S/C23H26N4O3/c1-15-7-5-10-18-20(15)24-14-27(21(18)29)12-11-19(28)25-16-8-6-9-17(13-16)26-22(30)23(2,3)4/h5-10,13-14H,11-12H2,1-4H3,(H,25,28)(H,26,30). The van der Waals surface area contributed by atoms with E-state index in [4.69, 9.17) is 0 Å². The summed E-state index contributed by atoms with van der Waals surface area (Å²) in [7, 11) is 0. The van der Waals surface area contributed by atoms with Crippen molar-refractivity contribution in [3.63, 3.8) is 0 Å². The van der Waals surface area contributed by atoms with Crippen LogP contribution in [0.5, 0.6) is 0 Å². The van der Waals surface area contributed by atoms with Gasteiger partial charge in [0.1, 0.15) is 0 Å². The first-order valence-corrected chi connectivity index (χ1v) is 9.81. The van der Waals surface area contributed by atoms with Gasteiger partial charge in [-0.3, -0.25) is 19.0 Å². The smallest absolute Gasteiger partial charge is 0.261 e. The van der Waals surface area contributed by atoms with Crippen molar-refractivity contribution in [2.24, 2.45) is 5.41 Å². The van der Waals surface area contributed by atoms with Gasteiger partial charge in [-0.1, -0.05) is 39.0 Å². The molecule has 0 bridgehead atoms. The number of aromatic nitrogens is 2. The molecule has 0 unspecified atom stereocenters. The Morgan fingerprint density at radius 2 is 1.70 bits per heavy atom. The Labute approximate surface area is 175 Å². The molecule has 1 aromatic heterocycles. The van der Waals surface area contributed by atoms with Crippen LogP contribution >= 0.6 is 0 Å². The van der Waals surface area contributed by atoms with E-state index in [2.05, 4.69) is 15.6 Å². The number of hydrogen-bond acceptors (Lipinski definition) is 4. The lowest BCUT2D eigenvalue weighted by molar-refractivity contribution is -0.123. The highest BCUT2D eigenvalue weighted by atomic mass is 16.2. The van der Waals surface area contributed by atoms with Gasteiger partial charge < -0.3 is 10.6 Å². The van der Waals surface area contributed by atoms with Crippen LogP contribution in [0.25, 0.3) is 10.9 Å². The van der Waals surface area contributed by atoms with Gasteiger partial charge in [0.15, 0.2) is 0 Å². The van der Waals surface area contributed by atoms with E-state index in [0.29, 0.717) is 22.3 Å². The summed E-state index contributed by atoms with van der Waals surface area (Å²) in [5, 5.41) is 6.18. The van der Waals surface area contributed by atoms with Crippen LogP contribution in [-0.4, -0.2) is 21.4 Å². The van der Waals surface area contributed by atoms with Gasteiger partial charge in [0, 0.05) is 29.8 Å². The van der Waals surface area contributed by atoms with E-state index in [-0.39, 0.29) is 30.3 Å². The van der Waals surface area contributed by atoms with E-state index in [9.17, 15) is 14.4 Å². The van der Waals surface area contributed by atoms with Gasteiger partial charge in [-0.15, -0.1) is 0 Å². The quantitative estimate of drug-likeness (QED) is 0.675. The number of carbonyl (C=O) groups is 2. The summed E-state index contributed by atoms with van der Waals surface area (Å²) in [6, 6.07) is 12.4. The van der Waals surface area contributed by atoms with Crippen LogP contribution in [0.4, 0.5) is 11.4 Å². The highest BCUT2D eigenvalue weighted by Gasteiger charge is 2.21. The Morgan fingerprint density at radius 1 is 1.03 bits per heavy atom. The zero-order valence-electron chi connectivity index (χ0n) is 17.7. The summed E-state index contributed by atoms with van der Waals surface area (Å²) in [5.74, 6) is -0.338. The molecule has 2 aromatic carbocycles. The molecule has 0 atom stereocenters. The number of carbonyl (C=O) groups excluding carboxylic acids is 2. The maximum atomic E-state index is 12.6. The van der Waals surface area contributed by atoms with Gasteiger partial charge in [0.2, 0.25) is 11.8 Å². The minimum atomic E-state index is -0.515. The van der Waals surface area contributed by atoms with Crippen LogP contribution in [0.3, 0.4) is 0 Å². The third-order valence-corrected chi connectivity index (χ3v) is 4.72. The molecule has 0 aliphatic rings. The molecule has 30 heavy (non-hydrogen) atoms. The highest BCUT2D eigenvalue weighted by molar-refractivity contribution is 5.96. The number of amides is 2. The zero-order valence-corrected chi connectivity index (χ0v) is 17.7. The lowest BCUT2D eigenvalue weighted by Gasteiger charge is -2.18. The average molecular weight is 406 g/mol. The predicted molar refractivity (Wildman–Crippen MR) is 119 cm³/mol. The number of aryl methyl sites for hydroxylation is 2. The monoisotopic (exact) mass is 406 g/mol. The maximum Gasteiger partial charge on any atom is 0.261 e. The molecule has 7 heteroatoms. The van der Waals surface area contributed by atoms with Crippen molar-refractivity contribution in [1.82, 2.24) is 9.55 Å². The number of para-hydroxylation sites is 1. The maximum absolute atomic E-state index is 12.6. The Kier molecular flexibility index (Phi) is 6.01. The Balaban J connectivity index is 1.65. The first-order chi connectivity index (χ1) is 14.1. The van der Waals surface area contributed by atoms with E-state index < -0.39 is 5.41 Å². The van der Waals surface area contributed by atoms with Gasteiger partial charge in [-0.25, -0.2) is 4.98 Å². The summed E-state index contributed by atoms with van der Waals surface area (Å²) in [6.45, 7) is 7.63. The van der Waals surface area contributed by atoms with Crippen LogP contribution in [0.1, 0.15) is 32.8 Å². The van der Waals surface area contributed by atoms with Crippen LogP contribution in [0, 0.1) is 12.3 Å². The average Bonchev–Trinajstić information content (AvgIpc) is 2.67. The van der Waals surface area contributed by atoms with Crippen molar-refractivity contribution in [2.45, 2.75) is 40.7 Å². The largest absolute Gasteiger partial charge is 0.326 e. The molecule has 3 aromatic rings. The number of fused-ring (bicyclic) bond motifs is 1. The third kappa shape index (κ3) is 4.92. The summed E-state index contributed by atoms with van der Waals surface area (Å²) in [6.07, 6.45) is 1.60. The van der Waals surface area contributed by atoms with Crippen molar-refractivity contribution in [1.29, 1.82) is 0 Å². The lowest BCUT2D eigenvalue weighted by atomic mass is 9.95. The molecule has 2 amide bonds. The topological polar surface area (TPSA) is 93.1 Å². The van der Waals surface area contributed by atoms with Crippen LogP contribution in [-0.2, 0) is 16.1 Å². The van der Waals surface area contributed by atoms with E-state index in [0.717, 1.165) is 5.56 Å². The number of nitrogens with one attached hydrogen (secondary N) is 2.